The molecule has 5 saturated carbocycles. The van der Waals surface area contributed by atoms with E-state index in [4.69, 9.17) is 11.6 Å². The molecule has 11 amide bonds. The molecule has 0 aromatic carbocycles. The maximum absolute atomic E-state index is 15.9. The summed E-state index contributed by atoms with van der Waals surface area (Å²) >= 11 is 6.41. The molecule has 11 atom stereocenters. The number of hydrogen-bond donors (Lipinski definition) is 3. The number of likely N-dealkylation sites (N-methyl/N-ethyl adjacent to an activating group) is 7. The Balaban J connectivity index is 1.28. The first-order valence-corrected chi connectivity index (χ1v) is 38.4. The van der Waals surface area contributed by atoms with E-state index in [-0.39, 0.29) is 100 Å². The number of carbonyl (C=O) groups excluding carboxylic acids is 12. The second kappa shape index (κ2) is 37.1. The number of fused-ring (bicyclic) bond motifs is 1. The van der Waals surface area contributed by atoms with Crippen LogP contribution in [-0.4, -0.2) is 245 Å². The molecule has 570 valence electrons. The van der Waals surface area contributed by atoms with Crippen LogP contribution in [0.1, 0.15) is 220 Å². The molecule has 7 fully saturated rings. The highest BCUT2D eigenvalue weighted by atomic mass is 35.5. The molecule has 0 aromatic heterocycles. The first-order valence-electron chi connectivity index (χ1n) is 38.0. The predicted molar refractivity (Wildman–Crippen MR) is 376 cm³/mol. The van der Waals surface area contributed by atoms with Crippen LogP contribution in [0.3, 0.4) is 0 Å². The van der Waals surface area contributed by atoms with Crippen LogP contribution in [-0.2, 0) is 57.5 Å². The maximum atomic E-state index is 15.9. The van der Waals surface area contributed by atoms with Crippen molar-refractivity contribution in [2.45, 2.75) is 280 Å². The van der Waals surface area contributed by atoms with Gasteiger partial charge in [0.1, 0.15) is 41.8 Å². The lowest BCUT2D eigenvalue weighted by Crippen LogP contribution is -2.65. The van der Waals surface area contributed by atoms with Crippen LogP contribution >= 0.6 is 11.6 Å². The number of amides is 11. The van der Waals surface area contributed by atoms with Gasteiger partial charge in [-0.1, -0.05) is 118 Å². The number of rotatable bonds is 12. The lowest BCUT2D eigenvalue weighted by atomic mass is 9.78. The van der Waals surface area contributed by atoms with E-state index in [1.165, 1.54) is 76.6 Å². The van der Waals surface area contributed by atoms with Crippen LogP contribution in [0.15, 0.2) is 0 Å². The van der Waals surface area contributed by atoms with Gasteiger partial charge in [-0.05, 0) is 126 Å². The molecular weight excluding hydrogens is 1330 g/mol. The Morgan fingerprint density at radius 2 is 1.16 bits per heavy atom. The zero-order chi connectivity index (χ0) is 74.4. The van der Waals surface area contributed by atoms with Crippen molar-refractivity contribution in [3.63, 3.8) is 0 Å². The fraction of sp³-hybridized carbons (Fsp3) is 0.838. The SMILES string of the molecule is CC[C@H](C)[C@@H]1NC(=O)[C@H](CC(C)C)N(C)C(=O)CC(C(=O)C2CCCCC2)N(C)C(=O)[C@H](C2CCCCC2)N(C)C(=O)C2(CCCC2)NC(=O)[C@@H]2CCCN2C(=O)[C@H](CCC2CCC(C(F)(F)F)C(Cl)C2)NC(=O)CN(C)C(=O)[C@H](CC2CCCCC2)N(C)C(=O)CN(C)C(=O)CN(C)C1=O. The standard InChI is InChI=1S/C74H119ClF3N11O12/c1-12-47(4)63-70(99)84(7)44-61(92)82(5)45-62(93)86(9)58(41-48-25-16-13-17-26-48)69(98)83(6)43-59(90)79-54(35-33-49-32-34-52(53(75)40-49)74(76,77)78)68(97)89-38-24-31-55(89)67(96)81-73(36-22-23-37-73)72(101)88(11)64(50-27-18-14-19-28-50)71(100)87(10)56(65(94)51-29-20-15-21-30-51)42-60(91)85(8)57(39-46(2)3)66(95)80-63/h46-58,63-64H,12-45H2,1-11H3,(H,79,90)(H,80,95)(H,81,96)/t47-,49?,52?,53?,54-,55-,56?,57-,58-,63-,64-/m0/s1. The summed E-state index contributed by atoms with van der Waals surface area (Å²) < 4.78 is 42.1. The van der Waals surface area contributed by atoms with E-state index < -0.39 is 168 Å². The maximum Gasteiger partial charge on any atom is 0.393 e. The molecule has 7 aliphatic rings. The second-order valence-corrected chi connectivity index (χ2v) is 32.2. The summed E-state index contributed by atoms with van der Waals surface area (Å²) in [6.45, 7) is 5.86. The molecule has 2 heterocycles. The van der Waals surface area contributed by atoms with Crippen molar-refractivity contribution in [3.8, 4) is 0 Å². The van der Waals surface area contributed by atoms with Crippen molar-refractivity contribution in [2.75, 3.05) is 75.5 Å². The van der Waals surface area contributed by atoms with Gasteiger partial charge in [0.25, 0.3) is 0 Å². The van der Waals surface area contributed by atoms with E-state index in [2.05, 4.69) is 16.0 Å². The van der Waals surface area contributed by atoms with Crippen LogP contribution in [0.5, 0.6) is 0 Å². The Hall–Kier alpha value is -6.08. The van der Waals surface area contributed by atoms with Crippen molar-refractivity contribution in [3.05, 3.63) is 0 Å². The van der Waals surface area contributed by atoms with Crippen LogP contribution < -0.4 is 16.0 Å². The van der Waals surface area contributed by atoms with E-state index >= 15 is 28.8 Å². The Kier molecular flexibility index (Phi) is 30.2. The molecule has 4 unspecified atom stereocenters. The van der Waals surface area contributed by atoms with E-state index in [0.29, 0.717) is 51.4 Å². The van der Waals surface area contributed by atoms with Crippen LogP contribution in [0.25, 0.3) is 0 Å². The van der Waals surface area contributed by atoms with Gasteiger partial charge in [0.2, 0.25) is 65.0 Å². The summed E-state index contributed by atoms with van der Waals surface area (Å²) in [5.41, 5.74) is -1.54. The number of hydrogen-bond acceptors (Lipinski definition) is 12. The second-order valence-electron chi connectivity index (χ2n) is 31.6. The van der Waals surface area contributed by atoms with Gasteiger partial charge in [-0.15, -0.1) is 11.6 Å². The average Bonchev–Trinajstić information content (AvgIpc) is 1.74. The van der Waals surface area contributed by atoms with E-state index in [9.17, 15) is 41.9 Å². The summed E-state index contributed by atoms with van der Waals surface area (Å²) in [5.74, 6) is -10.7. The Labute approximate surface area is 602 Å². The van der Waals surface area contributed by atoms with Gasteiger partial charge >= 0.3 is 6.18 Å². The Morgan fingerprint density at radius 3 is 1.75 bits per heavy atom. The fourth-order valence-electron chi connectivity index (χ4n) is 17.2. The van der Waals surface area contributed by atoms with Gasteiger partial charge in [-0.2, -0.15) is 13.2 Å². The van der Waals surface area contributed by atoms with Crippen LogP contribution in [0, 0.1) is 41.4 Å². The summed E-state index contributed by atoms with van der Waals surface area (Å²) in [5, 5.41) is 7.67. The molecule has 1 spiro atoms. The smallest absolute Gasteiger partial charge is 0.343 e. The Bertz CT molecular complexity index is 2920. The average molecular weight is 1450 g/mol. The largest absolute Gasteiger partial charge is 0.393 e. The van der Waals surface area contributed by atoms with Crippen molar-refractivity contribution in [1.29, 1.82) is 0 Å². The highest BCUT2D eigenvalue weighted by molar-refractivity contribution is 6.21. The summed E-state index contributed by atoms with van der Waals surface area (Å²) in [6.07, 6.45) is 9.42. The van der Waals surface area contributed by atoms with Gasteiger partial charge in [-0.3, -0.25) is 57.5 Å². The van der Waals surface area contributed by atoms with Crippen molar-refractivity contribution < 1.29 is 70.7 Å². The lowest BCUT2D eigenvalue weighted by Gasteiger charge is -2.43. The minimum absolute atomic E-state index is 0.00496. The number of carbonyl (C=O) groups is 12. The zero-order valence-corrected chi connectivity index (χ0v) is 62.9. The molecule has 0 bridgehead atoms. The van der Waals surface area contributed by atoms with Gasteiger partial charge in [0.15, 0.2) is 5.78 Å². The van der Waals surface area contributed by atoms with Gasteiger partial charge in [0.05, 0.1) is 38.0 Å². The molecule has 0 aromatic rings. The third kappa shape index (κ3) is 21.1. The first-order chi connectivity index (χ1) is 47.7. The minimum Gasteiger partial charge on any atom is -0.343 e. The van der Waals surface area contributed by atoms with E-state index in [1.807, 2.05) is 20.8 Å². The number of alkyl halides is 4. The lowest BCUT2D eigenvalue weighted by molar-refractivity contribution is -0.182. The summed E-state index contributed by atoms with van der Waals surface area (Å²) in [7, 11) is 10.2. The molecule has 3 N–H and O–H groups in total. The molecule has 27 heteroatoms. The van der Waals surface area contributed by atoms with Crippen molar-refractivity contribution in [1.82, 2.24) is 55.1 Å². The van der Waals surface area contributed by atoms with Crippen molar-refractivity contribution >= 4 is 82.4 Å². The molecule has 7 rings (SSSR count). The molecular formula is C74H119ClF3N11O12. The normalized spacial score (nSPS) is 30.1. The Morgan fingerprint density at radius 1 is 0.574 bits per heavy atom. The highest BCUT2D eigenvalue weighted by Gasteiger charge is 2.52. The minimum atomic E-state index is -4.50. The highest BCUT2D eigenvalue weighted by Crippen LogP contribution is 2.44. The zero-order valence-electron chi connectivity index (χ0n) is 62.2. The van der Waals surface area contributed by atoms with Crippen molar-refractivity contribution in [2.24, 2.45) is 41.4 Å². The molecule has 2 aliphatic heterocycles. The quantitative estimate of drug-likeness (QED) is 0.159. The van der Waals surface area contributed by atoms with E-state index in [1.54, 1.807) is 14.0 Å². The number of ketones is 1. The van der Waals surface area contributed by atoms with Crippen LogP contribution in [0.4, 0.5) is 13.2 Å². The monoisotopic (exact) mass is 1450 g/mol. The van der Waals surface area contributed by atoms with Crippen LogP contribution in [0.2, 0.25) is 0 Å². The number of nitrogens with zero attached hydrogens (tertiary/aromatic N) is 8. The van der Waals surface area contributed by atoms with Gasteiger partial charge in [-0.25, -0.2) is 0 Å². The molecule has 5 aliphatic carbocycles. The number of nitrogens with one attached hydrogen (secondary N) is 3. The summed E-state index contributed by atoms with van der Waals surface area (Å²) in [6, 6.07) is -8.39. The molecule has 101 heavy (non-hydrogen) atoms. The number of halogens is 4. The topological polar surface area (TPSA) is 267 Å². The van der Waals surface area contributed by atoms with Gasteiger partial charge < -0.3 is 55.1 Å². The molecule has 0 radical (unpaired) electrons. The third-order valence-corrected chi connectivity index (χ3v) is 24.3. The first kappa shape index (κ1) is 82.2. The molecule has 23 nitrogen and oxygen atoms in total. The molecule has 2 saturated heterocycles. The third-order valence-electron chi connectivity index (χ3n) is 23.8. The predicted octanol–water partition coefficient (Wildman–Crippen LogP) is 7.62. The summed E-state index contributed by atoms with van der Waals surface area (Å²) in [4.78, 5) is 190. The number of Topliss-reactive ketones (excluding diaryl/α,β-unsaturated/α-hetero) is 1. The fourth-order valence-corrected chi connectivity index (χ4v) is 17.7. The van der Waals surface area contributed by atoms with Gasteiger partial charge in [0, 0.05) is 67.2 Å². The van der Waals surface area contributed by atoms with E-state index in [0.717, 1.165) is 75.5 Å².